The molecular formula is C19H14BN. The Morgan fingerprint density at radius 2 is 1.52 bits per heavy atom. The van der Waals surface area contributed by atoms with Gasteiger partial charge in [0, 0.05) is 11.4 Å². The van der Waals surface area contributed by atoms with E-state index in [-0.39, 0.29) is 0 Å². The zero-order valence-corrected chi connectivity index (χ0v) is 11.9. The van der Waals surface area contributed by atoms with Gasteiger partial charge >= 0.3 is 0 Å². The second-order valence-corrected chi connectivity index (χ2v) is 5.95. The molecule has 1 nitrogen and oxygen atoms in total. The van der Waals surface area contributed by atoms with Crippen molar-refractivity contribution in [3.05, 3.63) is 66.2 Å². The SMILES string of the molecule is Cc1ccc2c3c1Nc1ccccc1B3c1ccccc1-2. The van der Waals surface area contributed by atoms with Crippen molar-refractivity contribution < 1.29 is 0 Å². The van der Waals surface area contributed by atoms with Crippen LogP contribution < -0.4 is 21.7 Å². The summed E-state index contributed by atoms with van der Waals surface area (Å²) in [5.41, 5.74) is 10.9. The molecule has 0 radical (unpaired) electrons. The van der Waals surface area contributed by atoms with Crippen LogP contribution >= 0.6 is 0 Å². The summed E-state index contributed by atoms with van der Waals surface area (Å²) in [5, 5.41) is 3.65. The fraction of sp³-hybridized carbons (Fsp3) is 0.0526. The van der Waals surface area contributed by atoms with Gasteiger partial charge in [-0.3, -0.25) is 0 Å². The molecule has 0 amide bonds. The highest BCUT2D eigenvalue weighted by molar-refractivity contribution is 7.01. The molecule has 21 heavy (non-hydrogen) atoms. The summed E-state index contributed by atoms with van der Waals surface area (Å²) in [4.78, 5) is 0. The van der Waals surface area contributed by atoms with Crippen molar-refractivity contribution in [1.82, 2.24) is 0 Å². The molecule has 0 spiro atoms. The lowest BCUT2D eigenvalue weighted by atomic mass is 9.37. The molecule has 3 aromatic rings. The summed E-state index contributed by atoms with van der Waals surface area (Å²) >= 11 is 0. The molecule has 2 aliphatic rings. The van der Waals surface area contributed by atoms with Gasteiger partial charge in [0.1, 0.15) is 0 Å². The molecule has 0 saturated carbocycles. The molecule has 0 unspecified atom stereocenters. The summed E-state index contributed by atoms with van der Waals surface area (Å²) in [5.74, 6) is 0. The third-order valence-corrected chi connectivity index (χ3v) is 4.84. The highest BCUT2D eigenvalue weighted by atomic mass is 14.9. The van der Waals surface area contributed by atoms with Crippen LogP contribution in [0.1, 0.15) is 5.56 Å². The standard InChI is InChI=1S/C19H14BN/c1-12-10-11-14-13-6-2-3-7-15(13)20-16-8-4-5-9-17(16)21-19(12)18(14)20/h2-11,21H,1H3. The lowest BCUT2D eigenvalue weighted by molar-refractivity contribution is 1.45. The van der Waals surface area contributed by atoms with Crippen LogP contribution in [0.2, 0.25) is 0 Å². The summed E-state index contributed by atoms with van der Waals surface area (Å²) in [6.07, 6.45) is 0. The minimum Gasteiger partial charge on any atom is -0.356 e. The lowest BCUT2D eigenvalue weighted by Crippen LogP contribution is -2.53. The Morgan fingerprint density at radius 3 is 2.43 bits per heavy atom. The zero-order chi connectivity index (χ0) is 14.0. The van der Waals surface area contributed by atoms with E-state index >= 15 is 0 Å². The fourth-order valence-corrected chi connectivity index (χ4v) is 3.90. The van der Waals surface area contributed by atoms with Crippen molar-refractivity contribution in [2.75, 3.05) is 5.32 Å². The van der Waals surface area contributed by atoms with Crippen LogP contribution in [0.15, 0.2) is 60.7 Å². The largest absolute Gasteiger partial charge is 0.356 e. The molecular weight excluding hydrogens is 253 g/mol. The van der Waals surface area contributed by atoms with E-state index in [0.29, 0.717) is 6.71 Å². The maximum Gasteiger partial charge on any atom is 0.248 e. The Labute approximate surface area is 124 Å². The molecule has 0 bridgehead atoms. The molecule has 0 saturated heterocycles. The second-order valence-electron chi connectivity index (χ2n) is 5.95. The topological polar surface area (TPSA) is 12.0 Å². The number of aryl methyl sites for hydroxylation is 1. The van der Waals surface area contributed by atoms with Gasteiger partial charge in [0.05, 0.1) is 0 Å². The molecule has 1 N–H and O–H groups in total. The van der Waals surface area contributed by atoms with Gasteiger partial charge in [0.25, 0.3) is 0 Å². The van der Waals surface area contributed by atoms with Crippen molar-refractivity contribution in [3.8, 4) is 11.1 Å². The van der Waals surface area contributed by atoms with Gasteiger partial charge in [-0.1, -0.05) is 60.1 Å². The van der Waals surface area contributed by atoms with E-state index in [4.69, 9.17) is 0 Å². The molecule has 0 fully saturated rings. The normalized spacial score (nSPS) is 13.3. The first-order valence-corrected chi connectivity index (χ1v) is 7.43. The number of benzene rings is 3. The van der Waals surface area contributed by atoms with E-state index in [0.717, 1.165) is 0 Å². The predicted molar refractivity (Wildman–Crippen MR) is 91.0 cm³/mol. The highest BCUT2D eigenvalue weighted by Gasteiger charge is 2.39. The third-order valence-electron chi connectivity index (χ3n) is 4.84. The summed E-state index contributed by atoms with van der Waals surface area (Å²) in [6, 6.07) is 22.0. The van der Waals surface area contributed by atoms with Crippen molar-refractivity contribution in [3.63, 3.8) is 0 Å². The van der Waals surface area contributed by atoms with Crippen molar-refractivity contribution in [1.29, 1.82) is 0 Å². The van der Waals surface area contributed by atoms with Crippen LogP contribution in [-0.4, -0.2) is 6.71 Å². The van der Waals surface area contributed by atoms with E-state index in [2.05, 4.69) is 72.9 Å². The summed E-state index contributed by atoms with van der Waals surface area (Å²) in [7, 11) is 0. The summed E-state index contributed by atoms with van der Waals surface area (Å²) < 4.78 is 0. The van der Waals surface area contributed by atoms with Gasteiger partial charge in [-0.05, 0) is 40.6 Å². The average Bonchev–Trinajstić information content (AvgIpc) is 2.87. The number of fused-ring (bicyclic) bond motifs is 5. The van der Waals surface area contributed by atoms with Gasteiger partial charge in [-0.2, -0.15) is 0 Å². The number of hydrogen-bond donors (Lipinski definition) is 1. The zero-order valence-electron chi connectivity index (χ0n) is 11.9. The van der Waals surface area contributed by atoms with E-state index in [1.165, 1.54) is 44.5 Å². The van der Waals surface area contributed by atoms with Crippen LogP contribution in [0.4, 0.5) is 11.4 Å². The first kappa shape index (κ1) is 11.2. The molecule has 2 aliphatic heterocycles. The van der Waals surface area contributed by atoms with Gasteiger partial charge < -0.3 is 5.32 Å². The molecule has 5 rings (SSSR count). The maximum atomic E-state index is 3.65. The first-order valence-electron chi connectivity index (χ1n) is 7.43. The predicted octanol–water partition coefficient (Wildman–Crippen LogP) is 2.55. The molecule has 0 atom stereocenters. The van der Waals surface area contributed by atoms with E-state index < -0.39 is 0 Å². The molecule has 98 valence electrons. The Bertz CT molecular complexity index is 898. The molecule has 2 heteroatoms. The number of hydrogen-bond acceptors (Lipinski definition) is 1. The van der Waals surface area contributed by atoms with Gasteiger partial charge in [0.15, 0.2) is 0 Å². The fourth-order valence-electron chi connectivity index (χ4n) is 3.90. The molecule has 0 aromatic heterocycles. The van der Waals surface area contributed by atoms with E-state index in [1.807, 2.05) is 0 Å². The number of nitrogens with one attached hydrogen (secondary N) is 1. The van der Waals surface area contributed by atoms with Crippen molar-refractivity contribution >= 4 is 34.5 Å². The van der Waals surface area contributed by atoms with Gasteiger partial charge in [-0.15, -0.1) is 0 Å². The Hall–Kier alpha value is -2.48. The second kappa shape index (κ2) is 3.79. The smallest absolute Gasteiger partial charge is 0.248 e. The van der Waals surface area contributed by atoms with Crippen LogP contribution in [0.25, 0.3) is 11.1 Å². The minimum absolute atomic E-state index is 0.378. The third kappa shape index (κ3) is 1.32. The van der Waals surface area contributed by atoms with Crippen molar-refractivity contribution in [2.45, 2.75) is 6.92 Å². The van der Waals surface area contributed by atoms with Gasteiger partial charge in [0.2, 0.25) is 6.71 Å². The van der Waals surface area contributed by atoms with E-state index in [9.17, 15) is 0 Å². The van der Waals surface area contributed by atoms with Crippen LogP contribution in [0.5, 0.6) is 0 Å². The Balaban J connectivity index is 1.94. The van der Waals surface area contributed by atoms with Gasteiger partial charge in [-0.25, -0.2) is 0 Å². The van der Waals surface area contributed by atoms with Crippen molar-refractivity contribution in [2.24, 2.45) is 0 Å². The molecule has 3 aromatic carbocycles. The minimum atomic E-state index is 0.378. The number of para-hydroxylation sites is 1. The Kier molecular flexibility index (Phi) is 2.02. The van der Waals surface area contributed by atoms with E-state index in [1.54, 1.807) is 0 Å². The maximum absolute atomic E-state index is 3.65. The quantitative estimate of drug-likeness (QED) is 0.425. The molecule has 2 heterocycles. The molecule has 0 aliphatic carbocycles. The van der Waals surface area contributed by atoms with Crippen LogP contribution in [0, 0.1) is 6.92 Å². The average molecular weight is 267 g/mol. The highest BCUT2D eigenvalue weighted by Crippen LogP contribution is 2.33. The number of rotatable bonds is 0. The number of anilines is 2. The van der Waals surface area contributed by atoms with Crippen LogP contribution in [-0.2, 0) is 0 Å². The summed E-state index contributed by atoms with van der Waals surface area (Å²) in [6.45, 7) is 2.57. The van der Waals surface area contributed by atoms with Crippen LogP contribution in [0.3, 0.4) is 0 Å². The first-order chi connectivity index (χ1) is 10.3. The lowest BCUT2D eigenvalue weighted by Gasteiger charge is -2.26. The monoisotopic (exact) mass is 267 g/mol. The Morgan fingerprint density at radius 1 is 0.762 bits per heavy atom.